The van der Waals surface area contributed by atoms with Gasteiger partial charge in [-0.05, 0) is 44.2 Å². The topological polar surface area (TPSA) is 123 Å². The number of hydrogen-bond donors (Lipinski definition) is 3. The van der Waals surface area contributed by atoms with E-state index in [-0.39, 0.29) is 19.0 Å². The molecule has 1 aliphatic heterocycles. The van der Waals surface area contributed by atoms with Gasteiger partial charge in [0.1, 0.15) is 11.5 Å². The first kappa shape index (κ1) is 23.5. The molecular weight excluding hydrogens is 426 g/mol. The van der Waals surface area contributed by atoms with Gasteiger partial charge in [0.2, 0.25) is 0 Å². The fourth-order valence-electron chi connectivity index (χ4n) is 3.54. The van der Waals surface area contributed by atoms with Gasteiger partial charge in [-0.15, -0.1) is 0 Å². The molecule has 9 heteroatoms. The van der Waals surface area contributed by atoms with Gasteiger partial charge in [0.25, 0.3) is 5.91 Å². The zero-order valence-electron chi connectivity index (χ0n) is 18.3. The summed E-state index contributed by atoms with van der Waals surface area (Å²) in [4.78, 5) is 48.3. The predicted octanol–water partition coefficient (Wildman–Crippen LogP) is 2.95. The summed E-state index contributed by atoms with van der Waals surface area (Å²) in [5, 5.41) is 7.95. The van der Waals surface area contributed by atoms with E-state index >= 15 is 0 Å². The summed E-state index contributed by atoms with van der Waals surface area (Å²) < 4.78 is 10.6. The Kier molecular flexibility index (Phi) is 7.45. The second kappa shape index (κ2) is 10.4. The van der Waals surface area contributed by atoms with Crippen molar-refractivity contribution in [2.45, 2.75) is 19.9 Å². The van der Waals surface area contributed by atoms with E-state index in [1.807, 2.05) is 0 Å². The van der Waals surface area contributed by atoms with E-state index in [9.17, 15) is 19.2 Å². The Balaban J connectivity index is 1.68. The van der Waals surface area contributed by atoms with Crippen LogP contribution in [-0.2, 0) is 14.3 Å². The molecule has 0 aromatic heterocycles. The van der Waals surface area contributed by atoms with Gasteiger partial charge in [-0.1, -0.05) is 24.8 Å². The summed E-state index contributed by atoms with van der Waals surface area (Å²) >= 11 is 0. The van der Waals surface area contributed by atoms with Crippen LogP contribution in [0.4, 0.5) is 10.5 Å². The summed E-state index contributed by atoms with van der Waals surface area (Å²) in [7, 11) is 0. The van der Waals surface area contributed by atoms with Crippen molar-refractivity contribution in [3.05, 3.63) is 71.9 Å². The third kappa shape index (κ3) is 5.76. The minimum atomic E-state index is -0.682. The lowest BCUT2D eigenvalue weighted by Crippen LogP contribution is -2.50. The summed E-state index contributed by atoms with van der Waals surface area (Å²) in [5.41, 5.74) is 1.73. The van der Waals surface area contributed by atoms with E-state index in [4.69, 9.17) is 9.47 Å². The monoisotopic (exact) mass is 451 g/mol. The molecule has 3 rings (SSSR count). The van der Waals surface area contributed by atoms with Crippen LogP contribution in [0.2, 0.25) is 0 Å². The molecule has 172 valence electrons. The number of ketones is 1. The molecule has 0 saturated carbocycles. The molecule has 3 amide bonds. The molecule has 1 heterocycles. The predicted molar refractivity (Wildman–Crippen MR) is 121 cm³/mol. The number of Topliss-reactive ketones (excluding diaryl/α,β-unsaturated/α-hetero) is 1. The lowest BCUT2D eigenvalue weighted by molar-refractivity contribution is -0.121. The number of carbonyl (C=O) groups is 4. The van der Waals surface area contributed by atoms with Gasteiger partial charge in [-0.2, -0.15) is 0 Å². The zero-order valence-corrected chi connectivity index (χ0v) is 18.3. The number of amides is 3. The van der Waals surface area contributed by atoms with Gasteiger partial charge in [-0.3, -0.25) is 9.59 Å². The highest BCUT2D eigenvalue weighted by Crippen LogP contribution is 2.35. The minimum absolute atomic E-state index is 0.170. The van der Waals surface area contributed by atoms with E-state index in [0.717, 1.165) is 0 Å². The molecule has 0 unspecified atom stereocenters. The normalized spacial score (nSPS) is 17.4. The maximum absolute atomic E-state index is 12.4. The van der Waals surface area contributed by atoms with Gasteiger partial charge < -0.3 is 25.4 Å². The molecule has 2 aromatic rings. The Morgan fingerprint density at radius 3 is 2.45 bits per heavy atom. The Morgan fingerprint density at radius 1 is 1.09 bits per heavy atom. The number of urea groups is 1. The molecule has 0 aliphatic carbocycles. The number of anilines is 1. The maximum Gasteiger partial charge on any atom is 0.338 e. The number of nitrogens with one attached hydrogen (secondary N) is 3. The third-order valence-corrected chi connectivity index (χ3v) is 5.00. The van der Waals surface area contributed by atoms with Gasteiger partial charge in [0.15, 0.2) is 6.61 Å². The molecule has 1 fully saturated rings. The van der Waals surface area contributed by atoms with Gasteiger partial charge in [0.05, 0.1) is 24.1 Å². The zero-order chi connectivity index (χ0) is 24.0. The number of para-hydroxylation sites is 1. The molecule has 33 heavy (non-hydrogen) atoms. The fraction of sp³-hybridized carbons (Fsp3) is 0.250. The summed E-state index contributed by atoms with van der Waals surface area (Å²) in [6.45, 7) is 6.91. The third-order valence-electron chi connectivity index (χ3n) is 5.00. The molecule has 1 aliphatic rings. The van der Waals surface area contributed by atoms with Crippen molar-refractivity contribution in [3.8, 4) is 5.75 Å². The van der Waals surface area contributed by atoms with Crippen molar-refractivity contribution in [2.75, 3.05) is 18.5 Å². The van der Waals surface area contributed by atoms with Crippen LogP contribution >= 0.6 is 0 Å². The van der Waals surface area contributed by atoms with E-state index in [0.29, 0.717) is 28.3 Å². The summed E-state index contributed by atoms with van der Waals surface area (Å²) in [6.07, 6.45) is 0. The molecule has 3 N–H and O–H groups in total. The number of ether oxygens (including phenoxy) is 2. The van der Waals surface area contributed by atoms with Crippen molar-refractivity contribution in [1.29, 1.82) is 0 Å². The van der Waals surface area contributed by atoms with Crippen LogP contribution in [0.25, 0.3) is 0 Å². The van der Waals surface area contributed by atoms with Crippen LogP contribution in [0.5, 0.6) is 5.75 Å². The molecule has 2 aromatic carbocycles. The van der Waals surface area contributed by atoms with Crippen molar-refractivity contribution < 1.29 is 28.7 Å². The number of hydrogen-bond acceptors (Lipinski definition) is 6. The van der Waals surface area contributed by atoms with Gasteiger partial charge >= 0.3 is 12.0 Å². The molecule has 0 radical (unpaired) electrons. The van der Waals surface area contributed by atoms with Gasteiger partial charge in [-0.25, -0.2) is 9.59 Å². The average Bonchev–Trinajstić information content (AvgIpc) is 2.77. The highest BCUT2D eigenvalue weighted by Gasteiger charge is 2.37. The largest absolute Gasteiger partial charge is 0.483 e. The average molecular weight is 451 g/mol. The lowest BCUT2D eigenvalue weighted by atomic mass is 9.86. The van der Waals surface area contributed by atoms with Crippen LogP contribution in [0, 0.1) is 5.92 Å². The highest BCUT2D eigenvalue weighted by atomic mass is 16.5. The van der Waals surface area contributed by atoms with Crippen molar-refractivity contribution in [2.24, 2.45) is 5.92 Å². The number of benzene rings is 2. The second-order valence-electron chi connectivity index (χ2n) is 7.36. The van der Waals surface area contributed by atoms with Crippen LogP contribution in [0.15, 0.2) is 60.8 Å². The number of esters is 1. The minimum Gasteiger partial charge on any atom is -0.483 e. The Labute approximate surface area is 191 Å². The molecule has 1 saturated heterocycles. The smallest absolute Gasteiger partial charge is 0.338 e. The van der Waals surface area contributed by atoms with E-state index < -0.39 is 29.9 Å². The summed E-state index contributed by atoms with van der Waals surface area (Å²) in [5.74, 6) is -1.35. The molecule has 0 bridgehead atoms. The quantitative estimate of drug-likeness (QED) is 0.531. The van der Waals surface area contributed by atoms with E-state index in [2.05, 4.69) is 22.5 Å². The molecular formula is C24H25N3O6. The first-order chi connectivity index (χ1) is 15.8. The van der Waals surface area contributed by atoms with Crippen molar-refractivity contribution in [1.82, 2.24) is 10.6 Å². The Morgan fingerprint density at radius 2 is 1.79 bits per heavy atom. The van der Waals surface area contributed by atoms with Crippen LogP contribution < -0.4 is 20.7 Å². The molecule has 2 atom stereocenters. The first-order valence-electron chi connectivity index (χ1n) is 10.4. The van der Waals surface area contributed by atoms with Crippen LogP contribution in [0.3, 0.4) is 0 Å². The summed E-state index contributed by atoms with van der Waals surface area (Å²) in [6, 6.07) is 12.0. The maximum atomic E-state index is 12.4. The lowest BCUT2D eigenvalue weighted by Gasteiger charge is -2.34. The fourth-order valence-corrected chi connectivity index (χ4v) is 3.54. The van der Waals surface area contributed by atoms with E-state index in [1.165, 1.54) is 6.92 Å². The van der Waals surface area contributed by atoms with Gasteiger partial charge in [0, 0.05) is 16.9 Å². The molecule has 0 spiro atoms. The van der Waals surface area contributed by atoms with Crippen LogP contribution in [0.1, 0.15) is 35.8 Å². The number of carbonyl (C=O) groups excluding carboxylic acids is 4. The molecule has 9 nitrogen and oxygen atoms in total. The standard InChI is InChI=1S/C24H25N3O6/c1-4-32-23(30)16-9-11-17(12-10-16)26-20(29)13-33-19-8-6-5-7-18(19)22-21(15(3)28)14(2)25-24(31)27-22/h5-12,21-22H,2,4,13H2,1,3H3,(H,26,29)(H2,25,27,31)/t21-,22-/m1/s1. The van der Waals surface area contributed by atoms with Crippen molar-refractivity contribution in [3.63, 3.8) is 0 Å². The SMILES string of the molecule is C=C1NC(=O)N[C@H](c2ccccc2OCC(=O)Nc2ccc(C(=O)OCC)cc2)[C@H]1C(C)=O. The second-order valence-corrected chi connectivity index (χ2v) is 7.36. The van der Waals surface area contributed by atoms with Crippen molar-refractivity contribution >= 4 is 29.4 Å². The highest BCUT2D eigenvalue weighted by molar-refractivity contribution is 5.94. The van der Waals surface area contributed by atoms with Crippen LogP contribution in [-0.4, -0.2) is 36.9 Å². The Hall–Kier alpha value is -4.14. The number of rotatable bonds is 8. The first-order valence-corrected chi connectivity index (χ1v) is 10.4. The Bertz CT molecular complexity index is 1080. The van der Waals surface area contributed by atoms with E-state index in [1.54, 1.807) is 55.5 Å².